The lowest BCUT2D eigenvalue weighted by Crippen LogP contribution is -2.23. The summed E-state index contributed by atoms with van der Waals surface area (Å²) in [6, 6.07) is 10.9. The van der Waals surface area contributed by atoms with Crippen LogP contribution in [0.15, 0.2) is 47.4 Å². The van der Waals surface area contributed by atoms with Crippen LogP contribution in [-0.2, 0) is 16.6 Å². The lowest BCUT2D eigenvalue weighted by Gasteiger charge is -2.08. The number of benzene rings is 2. The number of primary sulfonamides is 1. The lowest BCUT2D eigenvalue weighted by molar-refractivity contribution is 0.0950. The van der Waals surface area contributed by atoms with Gasteiger partial charge in [0.05, 0.1) is 5.02 Å². The van der Waals surface area contributed by atoms with Gasteiger partial charge in [-0.15, -0.1) is 0 Å². The zero-order chi connectivity index (χ0) is 16.3. The Kier molecular flexibility index (Phi) is 5.08. The molecule has 0 bridgehead atoms. The summed E-state index contributed by atoms with van der Waals surface area (Å²) in [5.74, 6) is -0.443. The number of rotatable bonds is 4. The van der Waals surface area contributed by atoms with E-state index in [4.69, 9.17) is 28.3 Å². The second kappa shape index (κ2) is 6.66. The Bertz CT molecular complexity index is 823. The normalized spacial score (nSPS) is 11.2. The third-order valence-corrected chi connectivity index (χ3v) is 4.47. The van der Waals surface area contributed by atoms with Crippen molar-refractivity contribution >= 4 is 39.1 Å². The van der Waals surface area contributed by atoms with Gasteiger partial charge in [-0.25, -0.2) is 13.6 Å². The van der Waals surface area contributed by atoms with Gasteiger partial charge < -0.3 is 5.32 Å². The average Bonchev–Trinajstić information content (AvgIpc) is 2.44. The number of sulfonamides is 1. The Morgan fingerprint density at radius 1 is 1.14 bits per heavy atom. The molecule has 22 heavy (non-hydrogen) atoms. The Labute approximate surface area is 138 Å². The summed E-state index contributed by atoms with van der Waals surface area (Å²) in [5, 5.41) is 8.25. The van der Waals surface area contributed by atoms with Gasteiger partial charge in [0, 0.05) is 17.1 Å². The minimum absolute atomic E-state index is 0.0334. The highest BCUT2D eigenvalue weighted by atomic mass is 35.5. The molecule has 5 nitrogen and oxygen atoms in total. The van der Waals surface area contributed by atoms with E-state index in [1.54, 1.807) is 18.2 Å². The highest BCUT2D eigenvalue weighted by Crippen LogP contribution is 2.21. The molecular weight excluding hydrogens is 347 g/mol. The summed E-state index contributed by atoms with van der Waals surface area (Å²) in [6.45, 7) is 0.257. The van der Waals surface area contributed by atoms with Crippen molar-refractivity contribution in [1.29, 1.82) is 0 Å². The second-order valence-electron chi connectivity index (χ2n) is 4.50. The first kappa shape index (κ1) is 16.8. The average molecular weight is 359 g/mol. The first-order valence-corrected chi connectivity index (χ1v) is 8.42. The van der Waals surface area contributed by atoms with Crippen LogP contribution in [0.1, 0.15) is 15.9 Å². The number of carbonyl (C=O) groups is 1. The van der Waals surface area contributed by atoms with Crippen molar-refractivity contribution in [3.8, 4) is 0 Å². The molecular formula is C14H12Cl2N2O3S. The highest BCUT2D eigenvalue weighted by Gasteiger charge is 2.16. The van der Waals surface area contributed by atoms with E-state index in [0.29, 0.717) is 5.02 Å². The summed E-state index contributed by atoms with van der Waals surface area (Å²) < 4.78 is 22.8. The van der Waals surface area contributed by atoms with Crippen molar-refractivity contribution in [2.24, 2.45) is 5.14 Å². The number of halogens is 2. The quantitative estimate of drug-likeness (QED) is 0.879. The predicted molar refractivity (Wildman–Crippen MR) is 85.4 cm³/mol. The molecule has 8 heteroatoms. The van der Waals surface area contributed by atoms with Crippen molar-refractivity contribution in [2.45, 2.75) is 11.4 Å². The van der Waals surface area contributed by atoms with E-state index in [1.165, 1.54) is 12.1 Å². The first-order chi connectivity index (χ1) is 10.3. The molecule has 3 N–H and O–H groups in total. The van der Waals surface area contributed by atoms with Gasteiger partial charge in [0.25, 0.3) is 5.91 Å². The molecule has 0 radical (unpaired) electrons. The van der Waals surface area contributed by atoms with Crippen LogP contribution in [0.4, 0.5) is 0 Å². The van der Waals surface area contributed by atoms with Gasteiger partial charge in [-0.2, -0.15) is 0 Å². The fraction of sp³-hybridized carbons (Fsp3) is 0.0714. The van der Waals surface area contributed by atoms with E-state index < -0.39 is 15.9 Å². The number of carbonyl (C=O) groups excluding carboxylic acids is 1. The maximum atomic E-state index is 12.1. The second-order valence-corrected chi connectivity index (χ2v) is 6.88. The van der Waals surface area contributed by atoms with Gasteiger partial charge in [-0.05, 0) is 35.9 Å². The van der Waals surface area contributed by atoms with Gasteiger partial charge in [0.1, 0.15) is 4.90 Å². The van der Waals surface area contributed by atoms with Crippen LogP contribution in [-0.4, -0.2) is 14.3 Å². The fourth-order valence-electron chi connectivity index (χ4n) is 1.79. The van der Waals surface area contributed by atoms with Crippen molar-refractivity contribution in [3.05, 3.63) is 63.6 Å². The maximum Gasteiger partial charge on any atom is 0.251 e. The summed E-state index contributed by atoms with van der Waals surface area (Å²) in [5.41, 5.74) is 0.969. The van der Waals surface area contributed by atoms with Gasteiger partial charge in [0.2, 0.25) is 10.0 Å². The summed E-state index contributed by atoms with van der Waals surface area (Å²) >= 11 is 11.6. The number of nitrogens with two attached hydrogens (primary N) is 1. The number of nitrogens with one attached hydrogen (secondary N) is 1. The number of hydrogen-bond acceptors (Lipinski definition) is 3. The molecule has 2 aromatic carbocycles. The largest absolute Gasteiger partial charge is 0.348 e. The Morgan fingerprint density at radius 2 is 1.86 bits per heavy atom. The highest BCUT2D eigenvalue weighted by molar-refractivity contribution is 7.89. The Morgan fingerprint density at radius 3 is 2.50 bits per heavy atom. The minimum Gasteiger partial charge on any atom is -0.348 e. The van der Waals surface area contributed by atoms with Crippen molar-refractivity contribution in [1.82, 2.24) is 5.32 Å². The molecule has 2 aromatic rings. The van der Waals surface area contributed by atoms with E-state index in [2.05, 4.69) is 5.32 Å². The molecule has 0 spiro atoms. The van der Waals surface area contributed by atoms with Crippen LogP contribution >= 0.6 is 23.2 Å². The van der Waals surface area contributed by atoms with Crippen molar-refractivity contribution < 1.29 is 13.2 Å². The molecule has 0 aliphatic carbocycles. The molecule has 0 aliphatic rings. The van der Waals surface area contributed by atoms with Crippen molar-refractivity contribution in [2.75, 3.05) is 0 Å². The van der Waals surface area contributed by atoms with Gasteiger partial charge >= 0.3 is 0 Å². The zero-order valence-corrected chi connectivity index (χ0v) is 13.5. The van der Waals surface area contributed by atoms with Crippen molar-refractivity contribution in [3.63, 3.8) is 0 Å². The smallest absolute Gasteiger partial charge is 0.251 e. The van der Waals surface area contributed by atoms with E-state index >= 15 is 0 Å². The SMILES string of the molecule is NS(=O)(=O)c1cc(C(=O)NCc2cccc(Cl)c2)ccc1Cl. The molecule has 1 amide bonds. The topological polar surface area (TPSA) is 89.3 Å². The molecule has 0 unspecified atom stereocenters. The fourth-order valence-corrected chi connectivity index (χ4v) is 3.08. The van der Waals surface area contributed by atoms with Crippen LogP contribution < -0.4 is 10.5 Å². The summed E-state index contributed by atoms with van der Waals surface area (Å²) in [6.07, 6.45) is 0. The minimum atomic E-state index is -3.99. The molecule has 0 saturated heterocycles. The molecule has 0 aliphatic heterocycles. The van der Waals surface area contributed by atoms with E-state index in [-0.39, 0.29) is 22.0 Å². The van der Waals surface area contributed by atoms with Gasteiger partial charge in [-0.3, -0.25) is 4.79 Å². The molecule has 0 aromatic heterocycles. The molecule has 116 valence electrons. The van der Waals surface area contributed by atoms with Crippen LogP contribution in [0, 0.1) is 0 Å². The number of hydrogen-bond donors (Lipinski definition) is 2. The van der Waals surface area contributed by atoms with E-state index in [1.807, 2.05) is 6.07 Å². The van der Waals surface area contributed by atoms with Gasteiger partial charge in [0.15, 0.2) is 0 Å². The molecule has 0 fully saturated rings. The van der Waals surface area contributed by atoms with Crippen LogP contribution in [0.3, 0.4) is 0 Å². The number of amides is 1. The lowest BCUT2D eigenvalue weighted by atomic mass is 10.2. The summed E-state index contributed by atoms with van der Waals surface area (Å²) in [4.78, 5) is 11.8. The Hall–Kier alpha value is -1.60. The molecule has 2 rings (SSSR count). The zero-order valence-electron chi connectivity index (χ0n) is 11.2. The molecule has 0 atom stereocenters. The van der Waals surface area contributed by atoms with Crippen LogP contribution in [0.5, 0.6) is 0 Å². The third-order valence-electron chi connectivity index (χ3n) is 2.84. The third kappa shape index (κ3) is 4.20. The van der Waals surface area contributed by atoms with Crippen LogP contribution in [0.2, 0.25) is 10.0 Å². The molecule has 0 heterocycles. The Balaban J connectivity index is 2.17. The maximum absolute atomic E-state index is 12.1. The standard InChI is InChI=1S/C14H12Cl2N2O3S/c15-11-3-1-2-9(6-11)8-18-14(19)10-4-5-12(16)13(7-10)22(17,20)21/h1-7H,8H2,(H,18,19)(H2,17,20,21). The predicted octanol–water partition coefficient (Wildman–Crippen LogP) is 2.57. The van der Waals surface area contributed by atoms with E-state index in [0.717, 1.165) is 11.6 Å². The summed E-state index contributed by atoms with van der Waals surface area (Å²) in [7, 11) is -3.99. The first-order valence-electron chi connectivity index (χ1n) is 6.12. The molecule has 0 saturated carbocycles. The van der Waals surface area contributed by atoms with E-state index in [9.17, 15) is 13.2 Å². The van der Waals surface area contributed by atoms with Crippen LogP contribution in [0.25, 0.3) is 0 Å². The monoisotopic (exact) mass is 358 g/mol. The van der Waals surface area contributed by atoms with Gasteiger partial charge in [-0.1, -0.05) is 35.3 Å².